The predicted octanol–water partition coefficient (Wildman–Crippen LogP) is 0.596. The number of rotatable bonds is 3. The Morgan fingerprint density at radius 2 is 2.08 bits per heavy atom. The number of aromatic hydroxyl groups is 1. The minimum absolute atomic E-state index is 0.204. The second-order valence-corrected chi connectivity index (χ2v) is 3.12. The number of hydrogen-bond acceptors (Lipinski definition) is 3. The van der Waals surface area contributed by atoms with Gasteiger partial charge in [0.25, 0.3) is 0 Å². The molecule has 0 spiro atoms. The molecule has 3 heteroatoms. The van der Waals surface area contributed by atoms with Crippen molar-refractivity contribution in [1.82, 2.24) is 0 Å². The van der Waals surface area contributed by atoms with Crippen molar-refractivity contribution in [1.29, 1.82) is 0 Å². The minimum Gasteiger partial charge on any atom is -0.507 e. The van der Waals surface area contributed by atoms with E-state index in [4.69, 9.17) is 10.2 Å². The van der Waals surface area contributed by atoms with Crippen LogP contribution in [0.2, 0.25) is 0 Å². The van der Waals surface area contributed by atoms with Gasteiger partial charge in [-0.05, 0) is 18.1 Å². The van der Waals surface area contributed by atoms with Crippen LogP contribution in [0.5, 0.6) is 5.75 Å². The van der Waals surface area contributed by atoms with E-state index in [0.717, 1.165) is 5.56 Å². The van der Waals surface area contributed by atoms with Crippen LogP contribution in [0.4, 0.5) is 0 Å². The molecule has 0 heterocycles. The number of phenolic OH excluding ortho intramolecular Hbond substituents is 1. The van der Waals surface area contributed by atoms with E-state index in [2.05, 4.69) is 0 Å². The summed E-state index contributed by atoms with van der Waals surface area (Å²) in [5.74, 6) is 0.204. The summed E-state index contributed by atoms with van der Waals surface area (Å²) in [6.45, 7) is 1.51. The molecule has 0 aliphatic rings. The van der Waals surface area contributed by atoms with E-state index in [9.17, 15) is 5.11 Å². The minimum atomic E-state index is -0.798. The fourth-order valence-electron chi connectivity index (χ4n) is 1.20. The average molecular weight is 182 g/mol. The molecule has 0 radical (unpaired) electrons. The first-order valence-electron chi connectivity index (χ1n) is 4.21. The molecule has 0 saturated heterocycles. The molecule has 0 bridgehead atoms. The molecule has 1 rings (SSSR count). The molecule has 0 fully saturated rings. The molecule has 0 aromatic heterocycles. The Hall–Kier alpha value is -1.06. The molecule has 1 unspecified atom stereocenters. The van der Waals surface area contributed by atoms with E-state index in [-0.39, 0.29) is 18.8 Å². The van der Waals surface area contributed by atoms with Gasteiger partial charge < -0.3 is 15.3 Å². The van der Waals surface area contributed by atoms with Crippen molar-refractivity contribution in [2.75, 3.05) is 6.61 Å². The Morgan fingerprint density at radius 1 is 1.38 bits per heavy atom. The van der Waals surface area contributed by atoms with Crippen molar-refractivity contribution in [2.24, 2.45) is 0 Å². The van der Waals surface area contributed by atoms with E-state index in [1.54, 1.807) is 19.1 Å². The molecule has 13 heavy (non-hydrogen) atoms. The fraction of sp³-hybridized carbons (Fsp3) is 0.400. The summed E-state index contributed by atoms with van der Waals surface area (Å²) in [7, 11) is 0. The van der Waals surface area contributed by atoms with Gasteiger partial charge in [0.15, 0.2) is 0 Å². The van der Waals surface area contributed by atoms with E-state index in [1.165, 1.54) is 0 Å². The number of para-hydroxylation sites is 1. The van der Waals surface area contributed by atoms with Gasteiger partial charge in [0.05, 0.1) is 12.7 Å². The molecule has 0 saturated carbocycles. The highest BCUT2D eigenvalue weighted by Crippen LogP contribution is 2.22. The van der Waals surface area contributed by atoms with Crippen LogP contribution in [-0.2, 0) is 6.42 Å². The summed E-state index contributed by atoms with van der Waals surface area (Å²) < 4.78 is 0. The van der Waals surface area contributed by atoms with Gasteiger partial charge in [-0.15, -0.1) is 0 Å². The highest BCUT2D eigenvalue weighted by atomic mass is 16.3. The molecule has 3 N–H and O–H groups in total. The van der Waals surface area contributed by atoms with Crippen molar-refractivity contribution in [2.45, 2.75) is 19.4 Å². The molecule has 0 aliphatic carbocycles. The molecular formula is C10H14O3. The molecule has 3 nitrogen and oxygen atoms in total. The van der Waals surface area contributed by atoms with Crippen LogP contribution in [0.15, 0.2) is 18.2 Å². The first kappa shape index (κ1) is 10.0. The number of phenols is 1. The number of aryl methyl sites for hydroxylation is 1. The first-order valence-corrected chi connectivity index (χ1v) is 4.21. The van der Waals surface area contributed by atoms with E-state index in [0.29, 0.717) is 5.56 Å². The molecule has 1 atom stereocenters. The zero-order valence-electron chi connectivity index (χ0n) is 7.57. The zero-order valence-corrected chi connectivity index (χ0v) is 7.57. The van der Waals surface area contributed by atoms with Crippen LogP contribution in [0, 0.1) is 6.92 Å². The normalized spacial score (nSPS) is 12.8. The lowest BCUT2D eigenvalue weighted by molar-refractivity contribution is 0.0950. The predicted molar refractivity (Wildman–Crippen MR) is 49.6 cm³/mol. The van der Waals surface area contributed by atoms with Crippen molar-refractivity contribution in [3.63, 3.8) is 0 Å². The number of aliphatic hydroxyl groups is 2. The number of aliphatic hydroxyl groups excluding tert-OH is 2. The van der Waals surface area contributed by atoms with Gasteiger partial charge >= 0.3 is 0 Å². The van der Waals surface area contributed by atoms with Gasteiger partial charge in [0, 0.05) is 6.42 Å². The largest absolute Gasteiger partial charge is 0.507 e. The third-order valence-corrected chi connectivity index (χ3v) is 1.99. The Morgan fingerprint density at radius 3 is 2.69 bits per heavy atom. The summed E-state index contributed by atoms with van der Waals surface area (Å²) in [6.07, 6.45) is -0.517. The van der Waals surface area contributed by atoms with Gasteiger partial charge in [-0.2, -0.15) is 0 Å². The van der Waals surface area contributed by atoms with Gasteiger partial charge in [0.1, 0.15) is 5.75 Å². The van der Waals surface area contributed by atoms with Crippen molar-refractivity contribution >= 4 is 0 Å². The van der Waals surface area contributed by atoms with Crippen molar-refractivity contribution in [3.8, 4) is 5.75 Å². The number of hydrogen-bond donors (Lipinski definition) is 3. The quantitative estimate of drug-likeness (QED) is 0.641. The Balaban J connectivity index is 2.83. The Labute approximate surface area is 77.3 Å². The van der Waals surface area contributed by atoms with Crippen LogP contribution in [0.3, 0.4) is 0 Å². The van der Waals surface area contributed by atoms with Crippen molar-refractivity contribution in [3.05, 3.63) is 29.3 Å². The SMILES string of the molecule is Cc1cccc(CC(O)CO)c1O. The lowest BCUT2D eigenvalue weighted by Crippen LogP contribution is -2.15. The second kappa shape index (κ2) is 4.25. The van der Waals surface area contributed by atoms with Crippen LogP contribution in [-0.4, -0.2) is 28.0 Å². The molecule has 72 valence electrons. The van der Waals surface area contributed by atoms with Gasteiger partial charge in [-0.1, -0.05) is 18.2 Å². The maximum Gasteiger partial charge on any atom is 0.121 e. The van der Waals surface area contributed by atoms with Gasteiger partial charge in [-0.25, -0.2) is 0 Å². The highest BCUT2D eigenvalue weighted by molar-refractivity contribution is 5.39. The summed E-state index contributed by atoms with van der Waals surface area (Å²) in [6, 6.07) is 5.35. The Bertz CT molecular complexity index is 283. The van der Waals surface area contributed by atoms with Crippen LogP contribution >= 0.6 is 0 Å². The maximum atomic E-state index is 9.55. The van der Waals surface area contributed by atoms with E-state index in [1.807, 2.05) is 6.07 Å². The van der Waals surface area contributed by atoms with Crippen LogP contribution in [0.25, 0.3) is 0 Å². The van der Waals surface area contributed by atoms with Crippen molar-refractivity contribution < 1.29 is 15.3 Å². The molecule has 0 aliphatic heterocycles. The smallest absolute Gasteiger partial charge is 0.121 e. The lowest BCUT2D eigenvalue weighted by Gasteiger charge is -2.09. The monoisotopic (exact) mass is 182 g/mol. The summed E-state index contributed by atoms with van der Waals surface area (Å²) >= 11 is 0. The number of benzene rings is 1. The maximum absolute atomic E-state index is 9.55. The summed E-state index contributed by atoms with van der Waals surface area (Å²) in [5, 5.41) is 27.3. The van der Waals surface area contributed by atoms with E-state index >= 15 is 0 Å². The summed E-state index contributed by atoms with van der Waals surface area (Å²) in [5.41, 5.74) is 1.45. The van der Waals surface area contributed by atoms with Gasteiger partial charge in [-0.3, -0.25) is 0 Å². The molecule has 1 aromatic rings. The summed E-state index contributed by atoms with van der Waals surface area (Å²) in [4.78, 5) is 0. The molecule has 0 amide bonds. The van der Waals surface area contributed by atoms with Crippen LogP contribution in [0.1, 0.15) is 11.1 Å². The molecule has 1 aromatic carbocycles. The van der Waals surface area contributed by atoms with Gasteiger partial charge in [0.2, 0.25) is 0 Å². The first-order chi connectivity index (χ1) is 6.15. The highest BCUT2D eigenvalue weighted by Gasteiger charge is 2.08. The van der Waals surface area contributed by atoms with E-state index < -0.39 is 6.10 Å². The Kier molecular flexibility index (Phi) is 3.28. The average Bonchev–Trinajstić information content (AvgIpc) is 2.13. The van der Waals surface area contributed by atoms with Crippen LogP contribution < -0.4 is 0 Å². The molecular weight excluding hydrogens is 168 g/mol. The third kappa shape index (κ3) is 2.44. The fourth-order valence-corrected chi connectivity index (χ4v) is 1.20. The lowest BCUT2D eigenvalue weighted by atomic mass is 10.0. The third-order valence-electron chi connectivity index (χ3n) is 1.99. The topological polar surface area (TPSA) is 60.7 Å². The standard InChI is InChI=1S/C10H14O3/c1-7-3-2-4-8(10(7)13)5-9(12)6-11/h2-4,9,11-13H,5-6H2,1H3. The second-order valence-electron chi connectivity index (χ2n) is 3.12. The zero-order chi connectivity index (χ0) is 9.84.